The minimum atomic E-state index is 0.0287. The molecule has 6 heteroatoms. The third-order valence-electron chi connectivity index (χ3n) is 5.04. The molecule has 2 aliphatic rings. The summed E-state index contributed by atoms with van der Waals surface area (Å²) < 4.78 is 11.3. The number of ether oxygens (including phenoxy) is 2. The van der Waals surface area contributed by atoms with Crippen LogP contribution >= 0.6 is 11.8 Å². The van der Waals surface area contributed by atoms with Gasteiger partial charge in [0.25, 0.3) is 0 Å². The number of fused-ring (bicyclic) bond motifs is 1. The van der Waals surface area contributed by atoms with Crippen LogP contribution in [-0.4, -0.2) is 43.4 Å². The topological polar surface area (TPSA) is 50.8 Å². The van der Waals surface area contributed by atoms with Crippen molar-refractivity contribution < 1.29 is 14.3 Å². The van der Waals surface area contributed by atoms with Crippen molar-refractivity contribution in [1.82, 2.24) is 4.90 Å². The SMILES string of the molecule is CSc1ccccc1NC(=O)CN1CCC[C@H]1c1ccc2c(c1)OCCO2. The molecule has 0 bridgehead atoms. The van der Waals surface area contributed by atoms with Gasteiger partial charge in [0.1, 0.15) is 13.2 Å². The first-order chi connectivity index (χ1) is 13.2. The molecule has 1 N–H and O–H groups in total. The molecule has 1 saturated heterocycles. The maximum Gasteiger partial charge on any atom is 0.238 e. The molecular weight excluding hydrogens is 360 g/mol. The molecule has 0 saturated carbocycles. The van der Waals surface area contributed by atoms with Crippen LogP contribution in [0.4, 0.5) is 5.69 Å². The molecule has 2 aromatic rings. The van der Waals surface area contributed by atoms with Crippen molar-refractivity contribution in [3.63, 3.8) is 0 Å². The highest BCUT2D eigenvalue weighted by Crippen LogP contribution is 2.38. The zero-order valence-corrected chi connectivity index (χ0v) is 16.3. The molecule has 1 fully saturated rings. The summed E-state index contributed by atoms with van der Waals surface area (Å²) in [5.41, 5.74) is 2.07. The standard InChI is InChI=1S/C21H24N2O3S/c1-27-20-7-3-2-5-16(20)22-21(24)14-23-10-4-6-17(23)15-8-9-18-19(13-15)26-12-11-25-18/h2-3,5,7-9,13,17H,4,6,10-12,14H2,1H3,(H,22,24)/t17-/m0/s1. The molecule has 1 amide bonds. The quantitative estimate of drug-likeness (QED) is 0.791. The fraction of sp³-hybridized carbons (Fsp3) is 0.381. The largest absolute Gasteiger partial charge is 0.486 e. The lowest BCUT2D eigenvalue weighted by Crippen LogP contribution is -2.33. The average molecular weight is 385 g/mol. The highest BCUT2D eigenvalue weighted by molar-refractivity contribution is 7.98. The first-order valence-corrected chi connectivity index (χ1v) is 10.5. The fourth-order valence-corrected chi connectivity index (χ4v) is 4.34. The average Bonchev–Trinajstić information content (AvgIpc) is 3.16. The number of likely N-dealkylation sites (tertiary alicyclic amines) is 1. The molecule has 5 nitrogen and oxygen atoms in total. The van der Waals surface area contributed by atoms with Crippen LogP contribution < -0.4 is 14.8 Å². The summed E-state index contributed by atoms with van der Waals surface area (Å²) in [6, 6.07) is 14.3. The Hall–Kier alpha value is -2.18. The lowest BCUT2D eigenvalue weighted by molar-refractivity contribution is -0.117. The Kier molecular flexibility index (Phi) is 5.55. The molecule has 27 heavy (non-hydrogen) atoms. The number of hydrogen-bond donors (Lipinski definition) is 1. The van der Waals surface area contributed by atoms with Gasteiger partial charge in [0.2, 0.25) is 5.91 Å². The molecule has 0 radical (unpaired) electrons. The maximum absolute atomic E-state index is 12.6. The maximum atomic E-state index is 12.6. The van der Waals surface area contributed by atoms with Crippen LogP contribution in [0.1, 0.15) is 24.4 Å². The first kappa shape index (κ1) is 18.2. The Balaban J connectivity index is 1.45. The van der Waals surface area contributed by atoms with Gasteiger partial charge in [0, 0.05) is 10.9 Å². The predicted molar refractivity (Wildman–Crippen MR) is 108 cm³/mol. The van der Waals surface area contributed by atoms with Crippen molar-refractivity contribution in [2.24, 2.45) is 0 Å². The van der Waals surface area contributed by atoms with Crippen molar-refractivity contribution in [3.8, 4) is 11.5 Å². The van der Waals surface area contributed by atoms with Gasteiger partial charge >= 0.3 is 0 Å². The number of benzene rings is 2. The Morgan fingerprint density at radius 2 is 2.00 bits per heavy atom. The van der Waals surface area contributed by atoms with Crippen molar-refractivity contribution >= 4 is 23.4 Å². The number of nitrogens with zero attached hydrogens (tertiary/aromatic N) is 1. The highest BCUT2D eigenvalue weighted by Gasteiger charge is 2.28. The second kappa shape index (κ2) is 8.23. The van der Waals surface area contributed by atoms with E-state index in [4.69, 9.17) is 9.47 Å². The summed E-state index contributed by atoms with van der Waals surface area (Å²) in [4.78, 5) is 16.0. The summed E-state index contributed by atoms with van der Waals surface area (Å²) >= 11 is 1.64. The number of carbonyl (C=O) groups excluding carboxylic acids is 1. The molecule has 4 rings (SSSR count). The molecule has 2 heterocycles. The van der Waals surface area contributed by atoms with Crippen LogP contribution in [0, 0.1) is 0 Å². The molecule has 2 aromatic carbocycles. The minimum absolute atomic E-state index is 0.0287. The summed E-state index contributed by atoms with van der Waals surface area (Å²) in [5, 5.41) is 3.06. The number of carbonyl (C=O) groups is 1. The molecule has 0 aliphatic carbocycles. The van der Waals surface area contributed by atoms with Crippen LogP contribution in [0.15, 0.2) is 47.4 Å². The van der Waals surface area contributed by atoms with Crippen molar-refractivity contribution in [2.45, 2.75) is 23.8 Å². The molecule has 0 aromatic heterocycles. The van der Waals surface area contributed by atoms with E-state index in [1.807, 2.05) is 36.6 Å². The molecular formula is C21H24N2O3S. The van der Waals surface area contributed by atoms with Gasteiger partial charge in [-0.15, -0.1) is 11.8 Å². The zero-order chi connectivity index (χ0) is 18.6. The van der Waals surface area contributed by atoms with E-state index in [1.165, 1.54) is 5.56 Å². The Labute approximate surface area is 164 Å². The van der Waals surface area contributed by atoms with Gasteiger partial charge in [-0.3, -0.25) is 9.69 Å². The summed E-state index contributed by atoms with van der Waals surface area (Å²) in [7, 11) is 0. The summed E-state index contributed by atoms with van der Waals surface area (Å²) in [6.07, 6.45) is 4.16. The van der Waals surface area contributed by atoms with Gasteiger partial charge < -0.3 is 14.8 Å². The number of nitrogens with one attached hydrogen (secondary N) is 1. The molecule has 0 spiro atoms. The van der Waals surface area contributed by atoms with Gasteiger partial charge in [-0.1, -0.05) is 18.2 Å². The van der Waals surface area contributed by atoms with Crippen LogP contribution in [0.2, 0.25) is 0 Å². The lowest BCUT2D eigenvalue weighted by Gasteiger charge is -2.26. The number of thioether (sulfide) groups is 1. The van der Waals surface area contributed by atoms with Crippen LogP contribution in [0.25, 0.3) is 0 Å². The van der Waals surface area contributed by atoms with Crippen molar-refractivity contribution in [3.05, 3.63) is 48.0 Å². The predicted octanol–water partition coefficient (Wildman–Crippen LogP) is 3.96. The minimum Gasteiger partial charge on any atom is -0.486 e. The Bertz CT molecular complexity index is 827. The Morgan fingerprint density at radius 1 is 1.19 bits per heavy atom. The smallest absolute Gasteiger partial charge is 0.238 e. The molecule has 0 unspecified atom stereocenters. The normalized spacial score (nSPS) is 19.1. The van der Waals surface area contributed by atoms with Gasteiger partial charge in [0.15, 0.2) is 11.5 Å². The van der Waals surface area contributed by atoms with E-state index in [0.717, 1.165) is 41.5 Å². The zero-order valence-electron chi connectivity index (χ0n) is 15.4. The van der Waals surface area contributed by atoms with E-state index in [1.54, 1.807) is 11.8 Å². The van der Waals surface area contributed by atoms with E-state index in [-0.39, 0.29) is 11.9 Å². The van der Waals surface area contributed by atoms with Crippen LogP contribution in [-0.2, 0) is 4.79 Å². The van der Waals surface area contributed by atoms with E-state index in [0.29, 0.717) is 19.8 Å². The molecule has 2 aliphatic heterocycles. The highest BCUT2D eigenvalue weighted by atomic mass is 32.2. The van der Waals surface area contributed by atoms with Gasteiger partial charge in [0.05, 0.1) is 12.2 Å². The lowest BCUT2D eigenvalue weighted by atomic mass is 10.0. The number of amides is 1. The summed E-state index contributed by atoms with van der Waals surface area (Å²) in [5.74, 6) is 1.64. The molecule has 1 atom stereocenters. The van der Waals surface area contributed by atoms with E-state index >= 15 is 0 Å². The Morgan fingerprint density at radius 3 is 2.85 bits per heavy atom. The van der Waals surface area contributed by atoms with E-state index in [2.05, 4.69) is 22.3 Å². The fourth-order valence-electron chi connectivity index (χ4n) is 3.78. The third-order valence-corrected chi connectivity index (χ3v) is 5.84. The van der Waals surface area contributed by atoms with Crippen LogP contribution in [0.3, 0.4) is 0 Å². The number of hydrogen-bond acceptors (Lipinski definition) is 5. The number of anilines is 1. The van der Waals surface area contributed by atoms with Gasteiger partial charge in [-0.25, -0.2) is 0 Å². The second-order valence-corrected chi connectivity index (χ2v) is 7.63. The van der Waals surface area contributed by atoms with Gasteiger partial charge in [-0.2, -0.15) is 0 Å². The van der Waals surface area contributed by atoms with Crippen LogP contribution in [0.5, 0.6) is 11.5 Å². The molecule has 142 valence electrons. The number of para-hydroxylation sites is 1. The number of rotatable bonds is 5. The van der Waals surface area contributed by atoms with E-state index in [9.17, 15) is 4.79 Å². The summed E-state index contributed by atoms with van der Waals surface area (Å²) in [6.45, 7) is 2.50. The van der Waals surface area contributed by atoms with Crippen molar-refractivity contribution in [1.29, 1.82) is 0 Å². The monoisotopic (exact) mass is 384 g/mol. The second-order valence-electron chi connectivity index (χ2n) is 6.78. The van der Waals surface area contributed by atoms with Crippen molar-refractivity contribution in [2.75, 3.05) is 37.9 Å². The van der Waals surface area contributed by atoms with Gasteiger partial charge in [-0.05, 0) is 55.5 Å². The first-order valence-electron chi connectivity index (χ1n) is 9.31. The third kappa shape index (κ3) is 4.06. The van der Waals surface area contributed by atoms with E-state index < -0.39 is 0 Å².